The van der Waals surface area contributed by atoms with Gasteiger partial charge in [0.1, 0.15) is 5.65 Å². The Morgan fingerprint density at radius 3 is 2.76 bits per heavy atom. The lowest BCUT2D eigenvalue weighted by molar-refractivity contribution is 0.841. The van der Waals surface area contributed by atoms with Gasteiger partial charge >= 0.3 is 0 Å². The third kappa shape index (κ3) is 3.72. The summed E-state index contributed by atoms with van der Waals surface area (Å²) in [4.78, 5) is 7.02. The third-order valence-electron chi connectivity index (χ3n) is 5.07. The van der Waals surface area contributed by atoms with E-state index in [2.05, 4.69) is 49.4 Å². The fourth-order valence-corrected chi connectivity index (χ4v) is 4.70. The first-order chi connectivity index (χ1) is 14.2. The molecule has 1 fully saturated rings. The van der Waals surface area contributed by atoms with Crippen LogP contribution >= 0.6 is 23.4 Å². The van der Waals surface area contributed by atoms with E-state index in [0.717, 1.165) is 47.0 Å². The van der Waals surface area contributed by atoms with Crippen molar-refractivity contribution in [2.24, 2.45) is 0 Å². The summed E-state index contributed by atoms with van der Waals surface area (Å²) in [6.07, 6.45) is 6.55. The van der Waals surface area contributed by atoms with E-state index in [1.807, 2.05) is 30.3 Å². The summed E-state index contributed by atoms with van der Waals surface area (Å²) in [6.45, 7) is 4.10. The summed E-state index contributed by atoms with van der Waals surface area (Å²) in [7, 11) is 0. The van der Waals surface area contributed by atoms with Crippen LogP contribution in [-0.2, 0) is 5.75 Å². The molecule has 0 N–H and O–H groups in total. The Labute approximate surface area is 178 Å². The highest BCUT2D eigenvalue weighted by Crippen LogP contribution is 2.31. The van der Waals surface area contributed by atoms with Crippen LogP contribution in [0.15, 0.2) is 53.9 Å². The van der Waals surface area contributed by atoms with E-state index in [9.17, 15) is 0 Å². The summed E-state index contributed by atoms with van der Waals surface area (Å²) < 4.78 is 4.18. The van der Waals surface area contributed by atoms with Crippen molar-refractivity contribution in [1.82, 2.24) is 24.1 Å². The normalized spacial score (nSPS) is 14.2. The number of aromatic nitrogens is 5. The van der Waals surface area contributed by atoms with Gasteiger partial charge in [0.2, 0.25) is 5.95 Å². The van der Waals surface area contributed by atoms with Crippen LogP contribution in [-0.4, -0.2) is 37.2 Å². The highest BCUT2D eigenvalue weighted by Gasteiger charge is 2.22. The van der Waals surface area contributed by atoms with E-state index in [4.69, 9.17) is 16.6 Å². The molecule has 0 bridgehead atoms. The molecule has 4 aromatic rings. The molecule has 0 saturated carbocycles. The molecule has 29 heavy (non-hydrogen) atoms. The lowest BCUT2D eigenvalue weighted by Gasteiger charge is -2.18. The number of aryl methyl sites for hydroxylation is 1. The second-order valence-electron chi connectivity index (χ2n) is 7.28. The fourth-order valence-electron chi connectivity index (χ4n) is 3.68. The zero-order valence-electron chi connectivity index (χ0n) is 16.1. The lowest BCUT2D eigenvalue weighted by atomic mass is 10.3. The highest BCUT2D eigenvalue weighted by molar-refractivity contribution is 7.98. The fraction of sp³-hybridized carbons (Fsp3) is 0.286. The Morgan fingerprint density at radius 2 is 1.93 bits per heavy atom. The van der Waals surface area contributed by atoms with Crippen LogP contribution in [0.2, 0.25) is 5.02 Å². The maximum absolute atomic E-state index is 6.27. The number of benzene rings is 1. The lowest BCUT2D eigenvalue weighted by Crippen LogP contribution is -2.22. The molecule has 1 aliphatic rings. The SMILES string of the molecule is Cc1ccc2nc(CSc3nnc(N4CCCC4)n3-c3cccc(Cl)c3)cn2c1. The average Bonchev–Trinajstić information content (AvgIpc) is 3.44. The first kappa shape index (κ1) is 18.5. The van der Waals surface area contributed by atoms with Gasteiger partial charge in [0.25, 0.3) is 0 Å². The number of halogens is 1. The summed E-state index contributed by atoms with van der Waals surface area (Å²) >= 11 is 7.91. The second kappa shape index (κ2) is 7.72. The van der Waals surface area contributed by atoms with Crippen LogP contribution in [0, 0.1) is 6.92 Å². The number of thioether (sulfide) groups is 1. The van der Waals surface area contributed by atoms with Crippen LogP contribution in [0.3, 0.4) is 0 Å². The van der Waals surface area contributed by atoms with E-state index < -0.39 is 0 Å². The van der Waals surface area contributed by atoms with Crippen LogP contribution in [0.5, 0.6) is 0 Å². The molecule has 0 atom stereocenters. The molecule has 0 spiro atoms. The Balaban J connectivity index is 1.47. The highest BCUT2D eigenvalue weighted by atomic mass is 35.5. The van der Waals surface area contributed by atoms with Crippen molar-refractivity contribution in [3.8, 4) is 5.69 Å². The third-order valence-corrected chi connectivity index (χ3v) is 6.27. The van der Waals surface area contributed by atoms with Gasteiger partial charge in [-0.1, -0.05) is 35.5 Å². The van der Waals surface area contributed by atoms with Gasteiger partial charge in [-0.15, -0.1) is 10.2 Å². The predicted octanol–water partition coefficient (Wildman–Crippen LogP) is 4.77. The van der Waals surface area contributed by atoms with Crippen LogP contribution in [0.4, 0.5) is 5.95 Å². The van der Waals surface area contributed by atoms with Crippen molar-refractivity contribution in [1.29, 1.82) is 0 Å². The molecular weight excluding hydrogens is 404 g/mol. The summed E-state index contributed by atoms with van der Waals surface area (Å²) in [5, 5.41) is 10.6. The minimum Gasteiger partial charge on any atom is -0.341 e. The molecule has 8 heteroatoms. The van der Waals surface area contributed by atoms with Gasteiger partial charge in [-0.05, 0) is 49.6 Å². The topological polar surface area (TPSA) is 51.2 Å². The Bertz CT molecular complexity index is 1160. The molecule has 3 aromatic heterocycles. The van der Waals surface area contributed by atoms with E-state index in [1.165, 1.54) is 18.4 Å². The minimum absolute atomic E-state index is 0.704. The molecule has 0 radical (unpaired) electrons. The zero-order chi connectivity index (χ0) is 19.8. The number of imidazole rings is 1. The quantitative estimate of drug-likeness (QED) is 0.432. The molecular formula is C21H21ClN6S. The first-order valence-corrected chi connectivity index (χ1v) is 11.1. The molecule has 6 nitrogen and oxygen atoms in total. The number of fused-ring (bicyclic) bond motifs is 1. The Hall–Kier alpha value is -2.51. The number of hydrogen-bond acceptors (Lipinski definition) is 5. The molecule has 1 saturated heterocycles. The molecule has 0 unspecified atom stereocenters. The summed E-state index contributed by atoms with van der Waals surface area (Å²) in [6, 6.07) is 12.0. The number of rotatable bonds is 5. The van der Waals surface area contributed by atoms with Gasteiger partial charge in [-0.3, -0.25) is 4.57 Å². The number of hydrogen-bond donors (Lipinski definition) is 0. The van der Waals surface area contributed by atoms with Crippen molar-refractivity contribution in [2.45, 2.75) is 30.7 Å². The van der Waals surface area contributed by atoms with E-state index >= 15 is 0 Å². The van der Waals surface area contributed by atoms with E-state index in [0.29, 0.717) is 5.02 Å². The maximum atomic E-state index is 6.27. The van der Waals surface area contributed by atoms with E-state index in [-0.39, 0.29) is 0 Å². The van der Waals surface area contributed by atoms with Crippen molar-refractivity contribution in [3.63, 3.8) is 0 Å². The molecule has 0 amide bonds. The standard InChI is InChI=1S/C21H21ClN6S/c1-15-7-8-19-23-17(13-27(19)12-15)14-29-21-25-24-20(26-9-2-3-10-26)28(21)18-6-4-5-16(22)11-18/h4-8,11-13H,2-3,9-10,14H2,1H3. The largest absolute Gasteiger partial charge is 0.341 e. The molecule has 4 heterocycles. The first-order valence-electron chi connectivity index (χ1n) is 9.71. The summed E-state index contributed by atoms with van der Waals surface area (Å²) in [5.41, 5.74) is 4.17. The smallest absolute Gasteiger partial charge is 0.232 e. The van der Waals surface area contributed by atoms with Gasteiger partial charge in [-0.25, -0.2) is 4.98 Å². The van der Waals surface area contributed by atoms with Crippen molar-refractivity contribution < 1.29 is 0 Å². The van der Waals surface area contributed by atoms with E-state index in [1.54, 1.807) is 11.8 Å². The van der Waals surface area contributed by atoms with Crippen molar-refractivity contribution in [3.05, 3.63) is 65.1 Å². The zero-order valence-corrected chi connectivity index (χ0v) is 17.7. The minimum atomic E-state index is 0.704. The van der Waals surface area contributed by atoms with Gasteiger partial charge < -0.3 is 9.30 Å². The number of anilines is 1. The van der Waals surface area contributed by atoms with Crippen LogP contribution in [0.25, 0.3) is 11.3 Å². The van der Waals surface area contributed by atoms with Gasteiger partial charge in [-0.2, -0.15) is 0 Å². The maximum Gasteiger partial charge on any atom is 0.232 e. The van der Waals surface area contributed by atoms with Crippen molar-refractivity contribution >= 4 is 35.0 Å². The molecule has 148 valence electrons. The monoisotopic (exact) mass is 424 g/mol. The Kier molecular flexibility index (Phi) is 4.93. The second-order valence-corrected chi connectivity index (χ2v) is 8.66. The van der Waals surface area contributed by atoms with Gasteiger partial charge in [0.05, 0.1) is 11.4 Å². The van der Waals surface area contributed by atoms with Gasteiger partial charge in [0.15, 0.2) is 5.16 Å². The molecule has 1 aliphatic heterocycles. The molecule has 0 aliphatic carbocycles. The molecule has 5 rings (SSSR count). The summed E-state index contributed by atoms with van der Waals surface area (Å²) in [5.74, 6) is 1.61. The van der Waals surface area contributed by atoms with Crippen molar-refractivity contribution in [2.75, 3.05) is 18.0 Å². The predicted molar refractivity (Wildman–Crippen MR) is 117 cm³/mol. The molecule has 1 aromatic carbocycles. The van der Waals surface area contributed by atoms with Crippen LogP contribution < -0.4 is 4.90 Å². The average molecular weight is 425 g/mol. The Morgan fingerprint density at radius 1 is 1.07 bits per heavy atom. The van der Waals surface area contributed by atoms with Gasteiger partial charge in [0, 0.05) is 36.3 Å². The van der Waals surface area contributed by atoms with Crippen LogP contribution in [0.1, 0.15) is 24.1 Å². The number of nitrogens with zero attached hydrogens (tertiary/aromatic N) is 6. The number of pyridine rings is 1.